The summed E-state index contributed by atoms with van der Waals surface area (Å²) in [5, 5.41) is 2.87. The maximum atomic E-state index is 13.4. The van der Waals surface area contributed by atoms with Crippen molar-refractivity contribution >= 4 is 29.1 Å². The molecule has 0 bridgehead atoms. The first kappa shape index (κ1) is 17.0. The molecule has 2 aromatic carbocycles. The number of nitrogens with zero attached hydrogens (tertiary/aromatic N) is 2. The number of benzene rings is 2. The third-order valence-electron chi connectivity index (χ3n) is 5.08. The monoisotopic (exact) mass is 361 g/mol. The average molecular weight is 361 g/mol. The van der Waals surface area contributed by atoms with Crippen LogP contribution >= 0.6 is 0 Å². The highest BCUT2D eigenvalue weighted by Crippen LogP contribution is 2.44. The molecule has 4 rings (SSSR count). The van der Waals surface area contributed by atoms with E-state index in [1.54, 1.807) is 42.5 Å². The van der Waals surface area contributed by atoms with Crippen molar-refractivity contribution in [1.82, 2.24) is 4.90 Å². The lowest BCUT2D eigenvalue weighted by molar-refractivity contribution is -0.128. The zero-order valence-corrected chi connectivity index (χ0v) is 14.7. The molecule has 0 spiro atoms. The number of fused-ring (bicyclic) bond motifs is 3. The van der Waals surface area contributed by atoms with Gasteiger partial charge in [-0.05, 0) is 24.3 Å². The van der Waals surface area contributed by atoms with Crippen LogP contribution in [0.2, 0.25) is 0 Å². The van der Waals surface area contributed by atoms with E-state index in [2.05, 4.69) is 11.9 Å². The number of nitrogens with one attached hydrogen (secondary N) is 1. The molecule has 0 aliphatic carbocycles. The molecule has 27 heavy (non-hydrogen) atoms. The minimum Gasteiger partial charge on any atom is -0.322 e. The van der Waals surface area contributed by atoms with Crippen LogP contribution in [0.4, 0.5) is 11.4 Å². The fourth-order valence-corrected chi connectivity index (χ4v) is 3.92. The highest BCUT2D eigenvalue weighted by Gasteiger charge is 2.60. The highest BCUT2D eigenvalue weighted by molar-refractivity contribution is 6.18. The number of carbonyl (C=O) groups excluding carboxylic acids is 3. The smallest absolute Gasteiger partial charge is 0.271 e. The molecule has 2 heterocycles. The molecule has 0 aromatic heterocycles. The van der Waals surface area contributed by atoms with Gasteiger partial charge in [-0.25, -0.2) is 0 Å². The largest absolute Gasteiger partial charge is 0.322 e. The predicted octanol–water partition coefficient (Wildman–Crippen LogP) is 2.79. The van der Waals surface area contributed by atoms with Crippen molar-refractivity contribution in [3.8, 4) is 0 Å². The van der Waals surface area contributed by atoms with E-state index in [4.69, 9.17) is 0 Å². The maximum Gasteiger partial charge on any atom is 0.271 e. The predicted molar refractivity (Wildman–Crippen MR) is 102 cm³/mol. The van der Waals surface area contributed by atoms with Crippen LogP contribution in [-0.4, -0.2) is 34.8 Å². The summed E-state index contributed by atoms with van der Waals surface area (Å²) in [4.78, 5) is 42.3. The lowest BCUT2D eigenvalue weighted by Gasteiger charge is -2.48. The van der Waals surface area contributed by atoms with Crippen LogP contribution in [0.15, 0.2) is 67.3 Å². The van der Waals surface area contributed by atoms with Gasteiger partial charge in [0.2, 0.25) is 11.6 Å². The Balaban J connectivity index is 1.86. The number of para-hydroxylation sites is 2. The number of rotatable bonds is 4. The highest BCUT2D eigenvalue weighted by atomic mass is 16.2. The Bertz CT molecular complexity index is 941. The molecular formula is C21H19N3O3. The van der Waals surface area contributed by atoms with Crippen LogP contribution < -0.4 is 10.2 Å². The van der Waals surface area contributed by atoms with E-state index in [-0.39, 0.29) is 31.2 Å². The molecule has 1 saturated heterocycles. The summed E-state index contributed by atoms with van der Waals surface area (Å²) in [5.74, 6) is -0.851. The Labute approximate surface area is 157 Å². The molecule has 1 atom stereocenters. The number of amides is 3. The average Bonchev–Trinajstić information content (AvgIpc) is 3.04. The van der Waals surface area contributed by atoms with Gasteiger partial charge < -0.3 is 10.2 Å². The van der Waals surface area contributed by atoms with Crippen molar-refractivity contribution < 1.29 is 14.4 Å². The standard InChI is InChI=1S/C21H19N3O3/c1-2-14-23-19(26)16-10-6-7-11-17(16)24-18(25)12-13-21(23,24)20(27)22-15-8-4-3-5-9-15/h2-11H,1,12-14H2,(H,22,27). The Morgan fingerprint density at radius 2 is 1.81 bits per heavy atom. The van der Waals surface area contributed by atoms with Gasteiger partial charge in [0, 0.05) is 25.1 Å². The van der Waals surface area contributed by atoms with Crippen LogP contribution in [0.5, 0.6) is 0 Å². The number of hydrogen-bond donors (Lipinski definition) is 1. The first-order valence-electron chi connectivity index (χ1n) is 8.81. The molecular weight excluding hydrogens is 342 g/mol. The van der Waals surface area contributed by atoms with Gasteiger partial charge in [-0.2, -0.15) is 0 Å². The molecule has 1 fully saturated rings. The molecule has 2 aliphatic rings. The van der Waals surface area contributed by atoms with Crippen LogP contribution in [-0.2, 0) is 9.59 Å². The zero-order chi connectivity index (χ0) is 19.0. The van der Waals surface area contributed by atoms with Crippen molar-refractivity contribution in [3.63, 3.8) is 0 Å². The van der Waals surface area contributed by atoms with E-state index in [1.807, 2.05) is 18.2 Å². The third-order valence-corrected chi connectivity index (χ3v) is 5.08. The minimum atomic E-state index is -1.40. The summed E-state index contributed by atoms with van der Waals surface area (Å²) in [5.41, 5.74) is 0.110. The van der Waals surface area contributed by atoms with Gasteiger partial charge in [-0.15, -0.1) is 6.58 Å². The molecule has 0 saturated carbocycles. The zero-order valence-electron chi connectivity index (χ0n) is 14.7. The third kappa shape index (κ3) is 2.44. The van der Waals surface area contributed by atoms with Gasteiger partial charge in [0.15, 0.2) is 0 Å². The molecule has 136 valence electrons. The summed E-state index contributed by atoms with van der Waals surface area (Å²) >= 11 is 0. The van der Waals surface area contributed by atoms with E-state index >= 15 is 0 Å². The first-order chi connectivity index (χ1) is 13.1. The Hall–Kier alpha value is -3.41. The quantitative estimate of drug-likeness (QED) is 0.852. The summed E-state index contributed by atoms with van der Waals surface area (Å²) in [6.45, 7) is 3.89. The lowest BCUT2D eigenvalue weighted by Crippen LogP contribution is -2.69. The van der Waals surface area contributed by atoms with Crippen molar-refractivity contribution in [2.45, 2.75) is 18.5 Å². The molecule has 3 amide bonds. The van der Waals surface area contributed by atoms with Crippen LogP contribution in [0, 0.1) is 0 Å². The van der Waals surface area contributed by atoms with Gasteiger partial charge in [-0.1, -0.05) is 36.4 Å². The van der Waals surface area contributed by atoms with Crippen molar-refractivity contribution in [2.75, 3.05) is 16.8 Å². The van der Waals surface area contributed by atoms with Crippen LogP contribution in [0.3, 0.4) is 0 Å². The van der Waals surface area contributed by atoms with Crippen LogP contribution in [0.1, 0.15) is 23.2 Å². The van der Waals surface area contributed by atoms with E-state index in [9.17, 15) is 14.4 Å². The maximum absolute atomic E-state index is 13.4. The second-order valence-electron chi connectivity index (χ2n) is 6.59. The Morgan fingerprint density at radius 1 is 1.11 bits per heavy atom. The molecule has 0 radical (unpaired) electrons. The van der Waals surface area contributed by atoms with Gasteiger partial charge in [-0.3, -0.25) is 19.3 Å². The number of hydrogen-bond acceptors (Lipinski definition) is 3. The van der Waals surface area contributed by atoms with E-state index in [0.29, 0.717) is 16.9 Å². The topological polar surface area (TPSA) is 69.7 Å². The van der Waals surface area contributed by atoms with Crippen LogP contribution in [0.25, 0.3) is 0 Å². The normalized spacial score (nSPS) is 20.9. The minimum absolute atomic E-state index is 0.166. The van der Waals surface area contributed by atoms with Crippen molar-refractivity contribution in [1.29, 1.82) is 0 Å². The molecule has 6 nitrogen and oxygen atoms in total. The van der Waals surface area contributed by atoms with E-state index < -0.39 is 11.6 Å². The molecule has 1 unspecified atom stereocenters. The summed E-state index contributed by atoms with van der Waals surface area (Å²) < 4.78 is 0. The SMILES string of the molecule is C=CCN1C(=O)c2ccccc2N2C(=O)CCC12C(=O)Nc1ccccc1. The molecule has 2 aromatic rings. The van der Waals surface area contributed by atoms with Gasteiger partial charge in [0.05, 0.1) is 11.3 Å². The Kier molecular flexibility index (Phi) is 4.03. The molecule has 1 N–H and O–H groups in total. The second kappa shape index (κ2) is 6.39. The van der Waals surface area contributed by atoms with E-state index in [0.717, 1.165) is 0 Å². The summed E-state index contributed by atoms with van der Waals surface area (Å²) in [6.07, 6.45) is 2.00. The molecule has 2 aliphatic heterocycles. The Morgan fingerprint density at radius 3 is 2.56 bits per heavy atom. The summed E-state index contributed by atoms with van der Waals surface area (Å²) in [6, 6.07) is 15.9. The van der Waals surface area contributed by atoms with Gasteiger partial charge in [0.1, 0.15) is 0 Å². The van der Waals surface area contributed by atoms with Gasteiger partial charge >= 0.3 is 0 Å². The second-order valence-corrected chi connectivity index (χ2v) is 6.59. The van der Waals surface area contributed by atoms with E-state index in [1.165, 1.54) is 9.80 Å². The lowest BCUT2D eigenvalue weighted by atomic mass is 9.95. The first-order valence-corrected chi connectivity index (χ1v) is 8.81. The van der Waals surface area contributed by atoms with Crippen molar-refractivity contribution in [2.24, 2.45) is 0 Å². The fraction of sp³-hybridized carbons (Fsp3) is 0.190. The van der Waals surface area contributed by atoms with Gasteiger partial charge in [0.25, 0.3) is 11.8 Å². The number of anilines is 2. The fourth-order valence-electron chi connectivity index (χ4n) is 3.92. The van der Waals surface area contributed by atoms with Crippen molar-refractivity contribution in [3.05, 3.63) is 72.8 Å². The molecule has 6 heteroatoms. The number of carbonyl (C=O) groups is 3. The summed E-state index contributed by atoms with van der Waals surface area (Å²) in [7, 11) is 0.